The van der Waals surface area contributed by atoms with Crippen LogP contribution in [0.5, 0.6) is 0 Å². The first kappa shape index (κ1) is 8.85. The molecule has 2 atom stereocenters. The summed E-state index contributed by atoms with van der Waals surface area (Å²) < 4.78 is 0. The summed E-state index contributed by atoms with van der Waals surface area (Å²) in [4.78, 5) is 0. The van der Waals surface area contributed by atoms with Crippen LogP contribution < -0.4 is 11.3 Å². The van der Waals surface area contributed by atoms with Crippen molar-refractivity contribution in [1.82, 2.24) is 5.43 Å². The van der Waals surface area contributed by atoms with Gasteiger partial charge >= 0.3 is 0 Å². The molecular weight excluding hydrogens is 168 g/mol. The molecule has 2 fully saturated rings. The van der Waals surface area contributed by atoms with Gasteiger partial charge in [-0.3, -0.25) is 11.3 Å². The summed E-state index contributed by atoms with van der Waals surface area (Å²) >= 11 is 2.10. The predicted molar refractivity (Wildman–Crippen MR) is 53.9 cm³/mol. The summed E-state index contributed by atoms with van der Waals surface area (Å²) in [6.07, 6.45) is 6.95. The van der Waals surface area contributed by atoms with Gasteiger partial charge in [0.1, 0.15) is 0 Å². The number of hydrogen-bond acceptors (Lipinski definition) is 3. The Bertz CT molecular complexity index is 141. The van der Waals surface area contributed by atoms with Gasteiger partial charge in [-0.05, 0) is 30.9 Å². The molecule has 0 aromatic rings. The molecule has 1 saturated carbocycles. The third kappa shape index (κ3) is 2.15. The van der Waals surface area contributed by atoms with Gasteiger partial charge in [-0.2, -0.15) is 11.8 Å². The van der Waals surface area contributed by atoms with E-state index in [2.05, 4.69) is 17.2 Å². The standard InChI is InChI=1S/C9H18N2S/c10-11-8(6-7-3-4-7)9-2-1-5-12-9/h7-9,11H,1-6,10H2. The van der Waals surface area contributed by atoms with Crippen LogP contribution in [0.2, 0.25) is 0 Å². The van der Waals surface area contributed by atoms with E-state index in [-0.39, 0.29) is 0 Å². The van der Waals surface area contributed by atoms with Crippen molar-refractivity contribution < 1.29 is 0 Å². The zero-order valence-corrected chi connectivity index (χ0v) is 8.28. The van der Waals surface area contributed by atoms with Crippen LogP contribution in [0.15, 0.2) is 0 Å². The second kappa shape index (κ2) is 3.99. The highest BCUT2D eigenvalue weighted by atomic mass is 32.2. The maximum absolute atomic E-state index is 5.57. The quantitative estimate of drug-likeness (QED) is 0.516. The number of hydrogen-bond donors (Lipinski definition) is 2. The molecule has 0 aromatic carbocycles. The van der Waals surface area contributed by atoms with E-state index in [4.69, 9.17) is 5.84 Å². The van der Waals surface area contributed by atoms with Crippen molar-refractivity contribution in [3.8, 4) is 0 Å². The fourth-order valence-corrected chi connectivity index (χ4v) is 3.35. The zero-order chi connectivity index (χ0) is 8.39. The Hall–Kier alpha value is 0.270. The van der Waals surface area contributed by atoms with E-state index >= 15 is 0 Å². The molecule has 2 aliphatic rings. The zero-order valence-electron chi connectivity index (χ0n) is 7.46. The molecule has 0 spiro atoms. The number of nitrogens with two attached hydrogens (primary N) is 1. The summed E-state index contributed by atoms with van der Waals surface area (Å²) in [6.45, 7) is 0. The molecule has 1 aliphatic heterocycles. The van der Waals surface area contributed by atoms with Crippen molar-refractivity contribution in [3.63, 3.8) is 0 Å². The molecule has 3 N–H and O–H groups in total. The van der Waals surface area contributed by atoms with Gasteiger partial charge in [0.05, 0.1) is 0 Å². The highest BCUT2D eigenvalue weighted by Gasteiger charge is 2.31. The van der Waals surface area contributed by atoms with Crippen LogP contribution in [0.3, 0.4) is 0 Å². The maximum Gasteiger partial charge on any atom is 0.0332 e. The second-order valence-corrected chi connectivity index (χ2v) is 5.35. The first-order chi connectivity index (χ1) is 5.90. The van der Waals surface area contributed by atoms with Crippen LogP contribution in [-0.2, 0) is 0 Å². The van der Waals surface area contributed by atoms with E-state index in [1.165, 1.54) is 37.9 Å². The SMILES string of the molecule is NNC(CC1CC1)C1CCCS1. The van der Waals surface area contributed by atoms with E-state index in [9.17, 15) is 0 Å². The molecule has 2 rings (SSSR count). The molecule has 2 unspecified atom stereocenters. The Morgan fingerprint density at radius 2 is 2.25 bits per heavy atom. The average Bonchev–Trinajstić information content (AvgIpc) is 2.74. The van der Waals surface area contributed by atoms with Crippen molar-refractivity contribution in [2.45, 2.75) is 43.4 Å². The lowest BCUT2D eigenvalue weighted by Crippen LogP contribution is -2.42. The minimum Gasteiger partial charge on any atom is -0.271 e. The second-order valence-electron chi connectivity index (χ2n) is 4.00. The van der Waals surface area contributed by atoms with Gasteiger partial charge in [0, 0.05) is 11.3 Å². The highest BCUT2D eigenvalue weighted by Crippen LogP contribution is 2.38. The molecule has 0 amide bonds. The lowest BCUT2D eigenvalue weighted by atomic mass is 10.0. The van der Waals surface area contributed by atoms with Crippen molar-refractivity contribution in [3.05, 3.63) is 0 Å². The Labute approximate surface area is 78.6 Å². The Morgan fingerprint density at radius 1 is 1.42 bits per heavy atom. The van der Waals surface area contributed by atoms with Gasteiger partial charge in [-0.15, -0.1) is 0 Å². The van der Waals surface area contributed by atoms with E-state index < -0.39 is 0 Å². The van der Waals surface area contributed by atoms with E-state index in [0.717, 1.165) is 11.2 Å². The summed E-state index contributed by atoms with van der Waals surface area (Å²) in [7, 11) is 0. The van der Waals surface area contributed by atoms with Crippen LogP contribution in [0, 0.1) is 5.92 Å². The molecule has 70 valence electrons. The molecule has 1 saturated heterocycles. The fraction of sp³-hybridized carbons (Fsp3) is 1.00. The highest BCUT2D eigenvalue weighted by molar-refractivity contribution is 8.00. The first-order valence-electron chi connectivity index (χ1n) is 4.98. The van der Waals surface area contributed by atoms with Gasteiger partial charge in [-0.1, -0.05) is 12.8 Å². The summed E-state index contributed by atoms with van der Waals surface area (Å²) in [5, 5.41) is 0.801. The molecule has 0 radical (unpaired) electrons. The van der Waals surface area contributed by atoms with Crippen molar-refractivity contribution >= 4 is 11.8 Å². The average molecular weight is 186 g/mol. The molecule has 0 bridgehead atoms. The number of nitrogens with one attached hydrogen (secondary N) is 1. The molecule has 2 nitrogen and oxygen atoms in total. The molecule has 1 heterocycles. The summed E-state index contributed by atoms with van der Waals surface area (Å²) in [5.41, 5.74) is 2.99. The van der Waals surface area contributed by atoms with Crippen molar-refractivity contribution in [2.24, 2.45) is 11.8 Å². The summed E-state index contributed by atoms with van der Waals surface area (Å²) in [5.74, 6) is 7.90. The lowest BCUT2D eigenvalue weighted by molar-refractivity contribution is 0.447. The number of hydrazine groups is 1. The molecule has 0 aromatic heterocycles. The van der Waals surface area contributed by atoms with E-state index in [1.807, 2.05) is 0 Å². The Kier molecular flexibility index (Phi) is 2.94. The smallest absolute Gasteiger partial charge is 0.0332 e. The minimum atomic E-state index is 0.588. The number of rotatable bonds is 4. The Morgan fingerprint density at radius 3 is 2.75 bits per heavy atom. The van der Waals surface area contributed by atoms with Gasteiger partial charge in [0.25, 0.3) is 0 Å². The van der Waals surface area contributed by atoms with Crippen LogP contribution >= 0.6 is 11.8 Å². The van der Waals surface area contributed by atoms with Crippen LogP contribution in [0.25, 0.3) is 0 Å². The van der Waals surface area contributed by atoms with E-state index in [0.29, 0.717) is 6.04 Å². The van der Waals surface area contributed by atoms with Crippen LogP contribution in [0.1, 0.15) is 32.1 Å². The van der Waals surface area contributed by atoms with Crippen molar-refractivity contribution in [2.75, 3.05) is 5.75 Å². The minimum absolute atomic E-state index is 0.588. The molecule has 1 aliphatic carbocycles. The van der Waals surface area contributed by atoms with Gasteiger partial charge in [-0.25, -0.2) is 0 Å². The number of thioether (sulfide) groups is 1. The van der Waals surface area contributed by atoms with E-state index in [1.54, 1.807) is 0 Å². The monoisotopic (exact) mass is 186 g/mol. The van der Waals surface area contributed by atoms with Gasteiger partial charge in [0.15, 0.2) is 0 Å². The Balaban J connectivity index is 1.78. The topological polar surface area (TPSA) is 38.0 Å². The summed E-state index contributed by atoms with van der Waals surface area (Å²) in [6, 6.07) is 0.588. The molecule has 12 heavy (non-hydrogen) atoms. The normalized spacial score (nSPS) is 32.2. The molecular formula is C9H18N2S. The largest absolute Gasteiger partial charge is 0.271 e. The van der Waals surface area contributed by atoms with Gasteiger partial charge in [0.2, 0.25) is 0 Å². The van der Waals surface area contributed by atoms with Gasteiger partial charge < -0.3 is 0 Å². The first-order valence-corrected chi connectivity index (χ1v) is 6.03. The lowest BCUT2D eigenvalue weighted by Gasteiger charge is -2.21. The fourth-order valence-electron chi connectivity index (χ4n) is 1.96. The predicted octanol–water partition coefficient (Wildman–Crippen LogP) is 1.51. The molecule has 3 heteroatoms. The maximum atomic E-state index is 5.57. The third-order valence-electron chi connectivity index (χ3n) is 2.91. The third-order valence-corrected chi connectivity index (χ3v) is 4.43. The van der Waals surface area contributed by atoms with Crippen LogP contribution in [0.4, 0.5) is 0 Å². The van der Waals surface area contributed by atoms with Crippen LogP contribution in [-0.4, -0.2) is 17.0 Å². The van der Waals surface area contributed by atoms with Crippen molar-refractivity contribution in [1.29, 1.82) is 0 Å².